The van der Waals surface area contributed by atoms with Crippen LogP contribution in [0.2, 0.25) is 10.0 Å². The van der Waals surface area contributed by atoms with E-state index >= 15 is 0 Å². The molecule has 0 radical (unpaired) electrons. The second-order valence-electron chi connectivity index (χ2n) is 6.90. The number of pyridine rings is 1. The lowest BCUT2D eigenvalue weighted by atomic mass is 10.0. The second kappa shape index (κ2) is 12.5. The Balaban J connectivity index is 2.36. The second-order valence-corrected chi connectivity index (χ2v) is 8.04. The van der Waals surface area contributed by atoms with Gasteiger partial charge >= 0.3 is 5.97 Å². The Kier molecular flexibility index (Phi) is 10.1. The summed E-state index contributed by atoms with van der Waals surface area (Å²) >= 11 is 17.4. The Bertz CT molecular complexity index is 1030. The number of nitrogens with zero attached hydrogens (tertiary/aromatic N) is 2. The SMILES string of the molecule is C=C(CCC(C(=O)Nc1ncc(Cl)cc1F)N(Cc1ccc(Cl)cc1)C(=O)CCl)C(=O)OC. The van der Waals surface area contributed by atoms with Crippen molar-refractivity contribution in [3.05, 3.63) is 70.1 Å². The lowest BCUT2D eigenvalue weighted by molar-refractivity contribution is -0.138. The molecule has 0 aliphatic heterocycles. The van der Waals surface area contributed by atoms with Gasteiger partial charge in [-0.3, -0.25) is 9.59 Å². The quantitative estimate of drug-likeness (QED) is 0.283. The lowest BCUT2D eigenvalue weighted by Crippen LogP contribution is -2.47. The van der Waals surface area contributed by atoms with Gasteiger partial charge in [-0.2, -0.15) is 0 Å². The number of amides is 2. The molecule has 7 nitrogen and oxygen atoms in total. The normalized spacial score (nSPS) is 11.4. The van der Waals surface area contributed by atoms with Gasteiger partial charge in [0.25, 0.3) is 0 Å². The molecule has 176 valence electrons. The minimum atomic E-state index is -1.13. The first-order chi connectivity index (χ1) is 15.7. The standard InChI is InChI=1S/C22H21Cl3FN3O4/c1-13(22(32)33-2)3-8-18(21(31)28-20-17(26)9-16(25)11-27-20)29(19(30)10-23)12-14-4-6-15(24)7-5-14/h4-7,9,11,18H,1,3,8,10,12H2,2H3,(H,27,28,31). The zero-order chi connectivity index (χ0) is 24.5. The first kappa shape index (κ1) is 26.6. The van der Waals surface area contributed by atoms with Crippen molar-refractivity contribution in [1.82, 2.24) is 9.88 Å². The summed E-state index contributed by atoms with van der Waals surface area (Å²) in [5, 5.41) is 2.93. The fourth-order valence-corrected chi connectivity index (χ4v) is 3.35. The molecule has 2 rings (SSSR count). The Morgan fingerprint density at radius 3 is 2.45 bits per heavy atom. The van der Waals surface area contributed by atoms with E-state index in [2.05, 4.69) is 21.6 Å². The number of rotatable bonds is 10. The number of carbonyl (C=O) groups is 3. The van der Waals surface area contributed by atoms with E-state index in [4.69, 9.17) is 34.8 Å². The number of benzene rings is 1. The first-order valence-corrected chi connectivity index (χ1v) is 10.9. The van der Waals surface area contributed by atoms with Gasteiger partial charge in [0.15, 0.2) is 11.6 Å². The lowest BCUT2D eigenvalue weighted by Gasteiger charge is -2.31. The maximum absolute atomic E-state index is 14.2. The molecule has 0 saturated heterocycles. The summed E-state index contributed by atoms with van der Waals surface area (Å²) in [6.07, 6.45) is 1.20. The highest BCUT2D eigenvalue weighted by Gasteiger charge is 2.31. The molecule has 1 aromatic carbocycles. The van der Waals surface area contributed by atoms with Gasteiger partial charge in [0, 0.05) is 23.3 Å². The van der Waals surface area contributed by atoms with Crippen LogP contribution in [0, 0.1) is 5.82 Å². The summed E-state index contributed by atoms with van der Waals surface area (Å²) < 4.78 is 18.8. The molecule has 2 aromatic rings. The van der Waals surface area contributed by atoms with Crippen molar-refractivity contribution in [2.45, 2.75) is 25.4 Å². The third kappa shape index (κ3) is 7.70. The number of methoxy groups -OCH3 is 1. The number of hydrogen-bond donors (Lipinski definition) is 1. The minimum absolute atomic E-state index is 0.00874. The van der Waals surface area contributed by atoms with Crippen molar-refractivity contribution < 1.29 is 23.5 Å². The predicted molar refractivity (Wildman–Crippen MR) is 125 cm³/mol. The number of anilines is 1. The van der Waals surface area contributed by atoms with Gasteiger partial charge in [-0.1, -0.05) is 41.9 Å². The van der Waals surface area contributed by atoms with Crippen molar-refractivity contribution in [3.8, 4) is 0 Å². The smallest absolute Gasteiger partial charge is 0.333 e. The number of hydrogen-bond acceptors (Lipinski definition) is 5. The van der Waals surface area contributed by atoms with E-state index in [1.165, 1.54) is 18.2 Å². The average molecular weight is 517 g/mol. The Morgan fingerprint density at radius 2 is 1.88 bits per heavy atom. The van der Waals surface area contributed by atoms with Gasteiger partial charge in [0.2, 0.25) is 11.8 Å². The van der Waals surface area contributed by atoms with E-state index in [0.29, 0.717) is 10.6 Å². The largest absolute Gasteiger partial charge is 0.466 e. The number of aromatic nitrogens is 1. The Morgan fingerprint density at radius 1 is 1.21 bits per heavy atom. The van der Waals surface area contributed by atoms with Crippen molar-refractivity contribution in [1.29, 1.82) is 0 Å². The molecule has 1 unspecified atom stereocenters. The van der Waals surface area contributed by atoms with Crippen LogP contribution < -0.4 is 5.32 Å². The predicted octanol–water partition coefficient (Wildman–Crippen LogP) is 4.61. The number of alkyl halides is 1. The molecule has 0 aliphatic rings. The summed E-state index contributed by atoms with van der Waals surface area (Å²) in [4.78, 5) is 42.6. The first-order valence-electron chi connectivity index (χ1n) is 9.64. The van der Waals surface area contributed by atoms with Crippen molar-refractivity contribution in [2.24, 2.45) is 0 Å². The van der Waals surface area contributed by atoms with Crippen LogP contribution in [-0.2, 0) is 25.7 Å². The van der Waals surface area contributed by atoms with Crippen LogP contribution in [0.3, 0.4) is 0 Å². The van der Waals surface area contributed by atoms with E-state index in [1.54, 1.807) is 24.3 Å². The summed E-state index contributed by atoms with van der Waals surface area (Å²) in [7, 11) is 1.20. The Labute approximate surface area is 205 Å². The molecule has 0 bridgehead atoms. The molecular formula is C22H21Cl3FN3O4. The fourth-order valence-electron chi connectivity index (χ4n) is 2.93. The average Bonchev–Trinajstić information content (AvgIpc) is 2.80. The highest BCUT2D eigenvalue weighted by atomic mass is 35.5. The molecule has 1 N–H and O–H groups in total. The zero-order valence-electron chi connectivity index (χ0n) is 17.6. The highest BCUT2D eigenvalue weighted by molar-refractivity contribution is 6.30. The molecule has 0 fully saturated rings. The van der Waals surface area contributed by atoms with Crippen LogP contribution in [-0.4, -0.2) is 46.7 Å². The van der Waals surface area contributed by atoms with Crippen LogP contribution >= 0.6 is 34.8 Å². The minimum Gasteiger partial charge on any atom is -0.466 e. The summed E-state index contributed by atoms with van der Waals surface area (Å²) in [6.45, 7) is 3.66. The number of carbonyl (C=O) groups excluding carboxylic acids is 3. The fraction of sp³-hybridized carbons (Fsp3) is 0.273. The third-order valence-corrected chi connectivity index (χ3v) is 5.31. The Hall–Kier alpha value is -2.68. The van der Waals surface area contributed by atoms with Crippen LogP contribution in [0.15, 0.2) is 48.7 Å². The summed E-state index contributed by atoms with van der Waals surface area (Å²) in [5.41, 5.74) is 0.786. The van der Waals surface area contributed by atoms with Crippen LogP contribution in [0.1, 0.15) is 18.4 Å². The topological polar surface area (TPSA) is 88.6 Å². The number of ether oxygens (including phenoxy) is 1. The molecule has 1 atom stereocenters. The molecule has 11 heteroatoms. The van der Waals surface area contributed by atoms with Crippen molar-refractivity contribution in [3.63, 3.8) is 0 Å². The molecular weight excluding hydrogens is 496 g/mol. The maximum Gasteiger partial charge on any atom is 0.333 e. The van der Waals surface area contributed by atoms with Crippen molar-refractivity contribution in [2.75, 3.05) is 18.3 Å². The summed E-state index contributed by atoms with van der Waals surface area (Å²) in [5.74, 6) is -3.52. The van der Waals surface area contributed by atoms with Crippen LogP contribution in [0.5, 0.6) is 0 Å². The monoisotopic (exact) mass is 515 g/mol. The van der Waals surface area contributed by atoms with E-state index in [0.717, 1.165) is 6.07 Å². The van der Waals surface area contributed by atoms with Crippen LogP contribution in [0.4, 0.5) is 10.2 Å². The molecule has 1 aromatic heterocycles. The number of halogens is 4. The number of esters is 1. The van der Waals surface area contributed by atoms with Gasteiger partial charge in [0.1, 0.15) is 11.9 Å². The van der Waals surface area contributed by atoms with Gasteiger partial charge in [-0.15, -0.1) is 11.6 Å². The molecule has 0 spiro atoms. The number of nitrogens with one attached hydrogen (secondary N) is 1. The van der Waals surface area contributed by atoms with E-state index < -0.39 is 35.5 Å². The van der Waals surface area contributed by atoms with E-state index in [1.807, 2.05) is 0 Å². The van der Waals surface area contributed by atoms with Gasteiger partial charge in [-0.05, 0) is 36.6 Å². The maximum atomic E-state index is 14.2. The van der Waals surface area contributed by atoms with E-state index in [-0.39, 0.29) is 35.8 Å². The van der Waals surface area contributed by atoms with E-state index in [9.17, 15) is 18.8 Å². The van der Waals surface area contributed by atoms with Crippen LogP contribution in [0.25, 0.3) is 0 Å². The molecule has 0 aliphatic carbocycles. The van der Waals surface area contributed by atoms with Crippen molar-refractivity contribution >= 4 is 58.4 Å². The van der Waals surface area contributed by atoms with Gasteiger partial charge in [-0.25, -0.2) is 14.2 Å². The summed E-state index contributed by atoms with van der Waals surface area (Å²) in [6, 6.07) is 6.53. The third-order valence-electron chi connectivity index (χ3n) is 4.62. The molecule has 0 saturated carbocycles. The molecule has 2 amide bonds. The van der Waals surface area contributed by atoms with Gasteiger partial charge < -0.3 is 15.0 Å². The zero-order valence-corrected chi connectivity index (χ0v) is 19.9. The molecule has 1 heterocycles. The van der Waals surface area contributed by atoms with Gasteiger partial charge in [0.05, 0.1) is 12.1 Å². The highest BCUT2D eigenvalue weighted by Crippen LogP contribution is 2.21. The molecule has 33 heavy (non-hydrogen) atoms.